The van der Waals surface area contributed by atoms with Gasteiger partial charge in [0.2, 0.25) is 0 Å². The van der Waals surface area contributed by atoms with Crippen molar-refractivity contribution < 1.29 is 9.59 Å². The van der Waals surface area contributed by atoms with Crippen LogP contribution in [-0.2, 0) is 0 Å². The van der Waals surface area contributed by atoms with Crippen molar-refractivity contribution in [3.63, 3.8) is 0 Å². The van der Waals surface area contributed by atoms with E-state index in [-0.39, 0.29) is 24.0 Å². The van der Waals surface area contributed by atoms with Crippen molar-refractivity contribution in [3.05, 3.63) is 61.1 Å². The van der Waals surface area contributed by atoms with Crippen molar-refractivity contribution in [2.45, 2.75) is 56.7 Å². The summed E-state index contributed by atoms with van der Waals surface area (Å²) in [5.74, 6) is 0.694. The molecule has 4 aromatic heterocycles. The Morgan fingerprint density at radius 3 is 2.36 bits per heavy atom. The number of rotatable bonds is 8. The molecular weight excluding hydrogens is 498 g/mol. The van der Waals surface area contributed by atoms with E-state index in [0.717, 1.165) is 44.2 Å². The molecule has 2 saturated carbocycles. The zero-order valence-electron chi connectivity index (χ0n) is 21.2. The van der Waals surface area contributed by atoms with Crippen LogP contribution in [0.25, 0.3) is 5.65 Å². The minimum Gasteiger partial charge on any atom is -0.379 e. The quantitative estimate of drug-likeness (QED) is 0.231. The van der Waals surface area contributed by atoms with E-state index >= 15 is 0 Å². The van der Waals surface area contributed by atoms with Gasteiger partial charge < -0.3 is 26.6 Å². The minimum atomic E-state index is -0.362. The van der Waals surface area contributed by atoms with E-state index in [4.69, 9.17) is 5.10 Å². The Labute approximate surface area is 224 Å². The monoisotopic (exact) mass is 527 g/mol. The van der Waals surface area contributed by atoms with E-state index in [1.54, 1.807) is 41.3 Å². The van der Waals surface area contributed by atoms with Crippen molar-refractivity contribution in [2.24, 2.45) is 0 Å². The maximum atomic E-state index is 13.0. The maximum Gasteiger partial charge on any atom is 0.319 e. The van der Waals surface area contributed by atoms with Crippen molar-refractivity contribution in [2.75, 3.05) is 21.3 Å². The third kappa shape index (κ3) is 6.03. The van der Waals surface area contributed by atoms with Crippen LogP contribution in [0.1, 0.15) is 49.0 Å². The second-order valence-electron chi connectivity index (χ2n) is 9.82. The Kier molecular flexibility index (Phi) is 6.85. The van der Waals surface area contributed by atoms with Crippen LogP contribution >= 0.6 is 0 Å². The topological polar surface area (TPSA) is 163 Å². The molecule has 13 heteroatoms. The molecule has 5 N–H and O–H groups in total. The number of urea groups is 1. The van der Waals surface area contributed by atoms with Crippen molar-refractivity contribution >= 4 is 40.6 Å². The van der Waals surface area contributed by atoms with Crippen molar-refractivity contribution in [1.29, 1.82) is 0 Å². The first-order chi connectivity index (χ1) is 19.1. The van der Waals surface area contributed by atoms with Crippen LogP contribution in [0.3, 0.4) is 0 Å². The van der Waals surface area contributed by atoms with E-state index in [1.165, 1.54) is 12.5 Å². The molecule has 39 heavy (non-hydrogen) atoms. The Morgan fingerprint density at radius 1 is 0.821 bits per heavy atom. The Balaban J connectivity index is 1.12. The normalized spacial score (nSPS) is 18.8. The van der Waals surface area contributed by atoms with Gasteiger partial charge in [0.25, 0.3) is 5.91 Å². The fourth-order valence-corrected chi connectivity index (χ4v) is 4.67. The molecule has 4 aromatic rings. The summed E-state index contributed by atoms with van der Waals surface area (Å²) in [5, 5.41) is 20.4. The summed E-state index contributed by atoms with van der Waals surface area (Å²) in [7, 11) is 0. The molecule has 2 aliphatic carbocycles. The number of amides is 3. The third-order valence-electron chi connectivity index (χ3n) is 6.79. The summed E-state index contributed by atoms with van der Waals surface area (Å²) in [6, 6.07) is 7.61. The average molecular weight is 528 g/mol. The molecule has 6 rings (SSSR count). The number of hydrogen-bond donors (Lipinski definition) is 5. The van der Waals surface area contributed by atoms with E-state index in [0.29, 0.717) is 34.7 Å². The number of aromatic nitrogens is 6. The van der Waals surface area contributed by atoms with Gasteiger partial charge in [-0.15, -0.1) is 5.10 Å². The standard InChI is InChI=1S/C26H29N11O2/c38-25(35-22-9-11-28-15-30-22)21-14-29-24-20(31-16-3-4-16)12-23(36-37(21)24)32-17-5-7-18(8-6-17)33-26(39)34-19-2-1-10-27-13-19/h1-2,9-18,31H,3-8H2,(H,32,36)(H2,33,34,39)(H,28,30,35,38). The number of nitrogens with one attached hydrogen (secondary N) is 5. The van der Waals surface area contributed by atoms with E-state index < -0.39 is 0 Å². The average Bonchev–Trinajstić information content (AvgIpc) is 3.66. The molecule has 4 heterocycles. The first-order valence-corrected chi connectivity index (χ1v) is 13.1. The molecule has 0 saturated heterocycles. The molecule has 0 radical (unpaired) electrons. The Bertz CT molecular complexity index is 1450. The van der Waals surface area contributed by atoms with Gasteiger partial charge in [-0.1, -0.05) is 0 Å². The van der Waals surface area contributed by atoms with E-state index in [2.05, 4.69) is 46.5 Å². The van der Waals surface area contributed by atoms with Gasteiger partial charge in [0.15, 0.2) is 11.3 Å². The van der Waals surface area contributed by atoms with Crippen LogP contribution in [0.2, 0.25) is 0 Å². The largest absolute Gasteiger partial charge is 0.379 e. The van der Waals surface area contributed by atoms with Crippen LogP contribution in [0.15, 0.2) is 55.4 Å². The van der Waals surface area contributed by atoms with Crippen molar-refractivity contribution in [1.82, 2.24) is 34.9 Å². The van der Waals surface area contributed by atoms with Gasteiger partial charge in [-0.25, -0.2) is 24.3 Å². The lowest BCUT2D eigenvalue weighted by molar-refractivity contribution is 0.102. The summed E-state index contributed by atoms with van der Waals surface area (Å²) in [4.78, 5) is 41.8. The summed E-state index contributed by atoms with van der Waals surface area (Å²) >= 11 is 0. The summed E-state index contributed by atoms with van der Waals surface area (Å²) in [5.41, 5.74) is 2.39. The van der Waals surface area contributed by atoms with Crippen LogP contribution in [0.4, 0.5) is 27.8 Å². The number of hydrogen-bond acceptors (Lipinski definition) is 9. The van der Waals surface area contributed by atoms with Gasteiger partial charge in [0.05, 0.1) is 23.8 Å². The highest BCUT2D eigenvalue weighted by atomic mass is 16.2. The number of nitrogens with zero attached hydrogens (tertiary/aromatic N) is 6. The Hall–Kier alpha value is -4.81. The molecule has 2 aliphatic rings. The second kappa shape index (κ2) is 10.9. The lowest BCUT2D eigenvalue weighted by Gasteiger charge is -2.30. The molecule has 0 bridgehead atoms. The highest BCUT2D eigenvalue weighted by molar-refractivity contribution is 6.03. The van der Waals surface area contributed by atoms with Gasteiger partial charge in [-0.3, -0.25) is 9.78 Å². The number of carbonyl (C=O) groups excluding carboxylic acids is 2. The minimum absolute atomic E-state index is 0.0907. The van der Waals surface area contributed by atoms with Crippen LogP contribution in [0.5, 0.6) is 0 Å². The van der Waals surface area contributed by atoms with Gasteiger partial charge in [0, 0.05) is 36.6 Å². The summed E-state index contributed by atoms with van der Waals surface area (Å²) in [6.07, 6.45) is 13.4. The first kappa shape index (κ1) is 24.5. The molecule has 0 atom stereocenters. The highest BCUT2D eigenvalue weighted by Gasteiger charge is 2.26. The lowest BCUT2D eigenvalue weighted by Crippen LogP contribution is -2.42. The fourth-order valence-electron chi connectivity index (χ4n) is 4.67. The van der Waals surface area contributed by atoms with Gasteiger partial charge >= 0.3 is 6.03 Å². The van der Waals surface area contributed by atoms with E-state index in [9.17, 15) is 9.59 Å². The van der Waals surface area contributed by atoms with Gasteiger partial charge in [0.1, 0.15) is 18.0 Å². The first-order valence-electron chi connectivity index (χ1n) is 13.1. The van der Waals surface area contributed by atoms with E-state index in [1.807, 2.05) is 6.07 Å². The highest BCUT2D eigenvalue weighted by Crippen LogP contribution is 2.30. The maximum absolute atomic E-state index is 13.0. The molecule has 0 unspecified atom stereocenters. The van der Waals surface area contributed by atoms with Crippen LogP contribution < -0.4 is 26.6 Å². The fraction of sp³-hybridized carbons (Fsp3) is 0.346. The predicted molar refractivity (Wildman–Crippen MR) is 146 cm³/mol. The third-order valence-corrected chi connectivity index (χ3v) is 6.79. The van der Waals surface area contributed by atoms with Crippen LogP contribution in [-0.4, -0.2) is 59.6 Å². The summed E-state index contributed by atoms with van der Waals surface area (Å²) in [6.45, 7) is 0. The SMILES string of the molecule is O=C(Nc1cccnc1)NC1CCC(Nc2cc(NC3CC3)c3ncc(C(=O)Nc4ccncn4)n3n2)CC1. The number of pyridine rings is 1. The van der Waals surface area contributed by atoms with Crippen molar-refractivity contribution in [3.8, 4) is 0 Å². The molecule has 3 amide bonds. The number of anilines is 4. The predicted octanol–water partition coefficient (Wildman–Crippen LogP) is 3.29. The molecule has 2 fully saturated rings. The molecule has 200 valence electrons. The van der Waals surface area contributed by atoms with Gasteiger partial charge in [-0.05, 0) is 56.7 Å². The number of carbonyl (C=O) groups is 2. The summed E-state index contributed by atoms with van der Waals surface area (Å²) < 4.78 is 1.57. The molecule has 0 aliphatic heterocycles. The number of fused-ring (bicyclic) bond motifs is 1. The Morgan fingerprint density at radius 2 is 1.62 bits per heavy atom. The molecule has 13 nitrogen and oxygen atoms in total. The zero-order chi connectivity index (χ0) is 26.6. The second-order valence-corrected chi connectivity index (χ2v) is 9.82. The number of imidazole rings is 1. The van der Waals surface area contributed by atoms with Crippen LogP contribution in [0, 0.1) is 0 Å². The lowest BCUT2D eigenvalue weighted by atomic mass is 9.91. The van der Waals surface area contributed by atoms with Gasteiger partial charge in [-0.2, -0.15) is 0 Å². The smallest absolute Gasteiger partial charge is 0.319 e. The molecule has 0 aromatic carbocycles. The zero-order valence-corrected chi connectivity index (χ0v) is 21.2. The molecular formula is C26H29N11O2. The molecule has 0 spiro atoms.